The molecule has 0 bridgehead atoms. The molecule has 0 unspecified atom stereocenters. The number of hydrogen-bond acceptors (Lipinski definition) is 2. The Morgan fingerprint density at radius 1 is 1.67 bits per heavy atom. The van der Waals surface area contributed by atoms with Crippen LogP contribution in [0.1, 0.15) is 13.3 Å². The Hall–Kier alpha value is -0.0800. The van der Waals surface area contributed by atoms with Gasteiger partial charge in [0.1, 0.15) is 0 Å². The highest BCUT2D eigenvalue weighted by atomic mass is 16.8. The number of ether oxygens (including phenoxy) is 2. The molecule has 0 radical (unpaired) electrons. The zero-order valence-corrected chi connectivity index (χ0v) is 3.81. The van der Waals surface area contributed by atoms with E-state index in [1.807, 2.05) is 6.92 Å². The fraction of sp³-hybridized carbons (Fsp3) is 1.00. The van der Waals surface area contributed by atoms with Crippen LogP contribution in [-0.2, 0) is 9.47 Å². The van der Waals surface area contributed by atoms with Crippen molar-refractivity contribution in [2.75, 3.05) is 6.79 Å². The van der Waals surface area contributed by atoms with Crippen molar-refractivity contribution in [3.05, 3.63) is 0 Å². The summed E-state index contributed by atoms with van der Waals surface area (Å²) in [6.07, 6.45) is 1.09. The van der Waals surface area contributed by atoms with E-state index < -0.39 is 0 Å². The Morgan fingerprint density at radius 3 is 2.33 bits per heavy atom. The fourth-order valence-corrected chi connectivity index (χ4v) is 0.400. The Kier molecular flexibility index (Phi) is 1.08. The van der Waals surface area contributed by atoms with E-state index in [4.69, 9.17) is 9.47 Å². The fourth-order valence-electron chi connectivity index (χ4n) is 0.400. The summed E-state index contributed by atoms with van der Waals surface area (Å²) in [6, 6.07) is 0. The van der Waals surface area contributed by atoms with Crippen molar-refractivity contribution in [3.8, 4) is 0 Å². The summed E-state index contributed by atoms with van der Waals surface area (Å²) in [4.78, 5) is 0. The maximum absolute atomic E-state index is 4.86. The van der Waals surface area contributed by atoms with Crippen molar-refractivity contribution >= 4 is 0 Å². The van der Waals surface area contributed by atoms with Crippen molar-refractivity contribution in [3.63, 3.8) is 0 Å². The van der Waals surface area contributed by atoms with Gasteiger partial charge in [-0.2, -0.15) is 0 Å². The van der Waals surface area contributed by atoms with Gasteiger partial charge >= 0.3 is 0 Å². The number of hydrogen-bond donors (Lipinski definition) is 0. The second-order valence-corrected chi connectivity index (χ2v) is 1.29. The van der Waals surface area contributed by atoms with Crippen LogP contribution in [0.2, 0.25) is 0 Å². The van der Waals surface area contributed by atoms with Gasteiger partial charge in [0.15, 0.2) is 13.1 Å². The minimum atomic E-state index is 0.116. The van der Waals surface area contributed by atoms with Gasteiger partial charge in [-0.15, -0.1) is 0 Å². The highest BCUT2D eigenvalue weighted by Gasteiger charge is 2.14. The smallest absolute Gasteiger partial charge is 0.163 e. The van der Waals surface area contributed by atoms with Crippen LogP contribution in [0.25, 0.3) is 0 Å². The average molecular weight is 88.1 g/mol. The summed E-state index contributed by atoms with van der Waals surface area (Å²) >= 11 is 0. The van der Waals surface area contributed by atoms with Gasteiger partial charge in [0.05, 0.1) is 0 Å². The molecular formula is C4H8O2. The molecule has 1 fully saturated rings. The van der Waals surface area contributed by atoms with Crippen molar-refractivity contribution in [2.24, 2.45) is 0 Å². The molecule has 0 saturated carbocycles. The maximum atomic E-state index is 4.86. The molecule has 0 amide bonds. The highest BCUT2D eigenvalue weighted by molar-refractivity contribution is 4.41. The van der Waals surface area contributed by atoms with Crippen LogP contribution in [0.5, 0.6) is 0 Å². The van der Waals surface area contributed by atoms with Crippen molar-refractivity contribution in [1.29, 1.82) is 0 Å². The van der Waals surface area contributed by atoms with Crippen LogP contribution in [0.3, 0.4) is 0 Å². The topological polar surface area (TPSA) is 18.5 Å². The first-order valence-corrected chi connectivity index (χ1v) is 2.16. The normalized spacial score (nSPS) is 23.5. The van der Waals surface area contributed by atoms with E-state index in [-0.39, 0.29) is 6.29 Å². The van der Waals surface area contributed by atoms with Gasteiger partial charge in [-0.3, -0.25) is 0 Å². The lowest BCUT2D eigenvalue weighted by Crippen LogP contribution is -2.29. The molecule has 0 aromatic heterocycles. The van der Waals surface area contributed by atoms with Crippen molar-refractivity contribution in [2.45, 2.75) is 19.6 Å². The molecule has 2 heteroatoms. The maximum Gasteiger partial charge on any atom is 0.163 e. The van der Waals surface area contributed by atoms with Gasteiger partial charge in [0.2, 0.25) is 0 Å². The zero-order chi connectivity index (χ0) is 4.41. The van der Waals surface area contributed by atoms with Crippen LogP contribution in [0, 0.1) is 0 Å². The zero-order valence-electron chi connectivity index (χ0n) is 3.81. The van der Waals surface area contributed by atoms with E-state index in [0.29, 0.717) is 6.79 Å². The molecule has 1 heterocycles. The molecule has 6 heavy (non-hydrogen) atoms. The van der Waals surface area contributed by atoms with E-state index >= 15 is 0 Å². The summed E-state index contributed by atoms with van der Waals surface area (Å²) < 4.78 is 9.72. The summed E-state index contributed by atoms with van der Waals surface area (Å²) in [5.74, 6) is 0. The third-order valence-corrected chi connectivity index (χ3v) is 0.841. The quantitative estimate of drug-likeness (QED) is 0.470. The third kappa shape index (κ3) is 0.533. The molecule has 36 valence electrons. The lowest BCUT2D eigenvalue weighted by molar-refractivity contribution is -0.320. The van der Waals surface area contributed by atoms with E-state index in [0.717, 1.165) is 6.42 Å². The Labute approximate surface area is 37.1 Å². The van der Waals surface area contributed by atoms with Crippen molar-refractivity contribution in [1.82, 2.24) is 0 Å². The lowest BCUT2D eigenvalue weighted by Gasteiger charge is -2.24. The van der Waals surface area contributed by atoms with Gasteiger partial charge in [0.25, 0.3) is 0 Å². The van der Waals surface area contributed by atoms with E-state index in [1.54, 1.807) is 0 Å². The molecule has 0 N–H and O–H groups in total. The second kappa shape index (κ2) is 1.58. The van der Waals surface area contributed by atoms with E-state index in [9.17, 15) is 0 Å². The van der Waals surface area contributed by atoms with Gasteiger partial charge in [-0.1, -0.05) is 6.92 Å². The standard InChI is InChI=1S/C4H8O2/c1-2-4-5-3-6-4/h4H,2-3H2,1H3. The molecule has 0 atom stereocenters. The van der Waals surface area contributed by atoms with Crippen LogP contribution >= 0.6 is 0 Å². The minimum absolute atomic E-state index is 0.116. The predicted molar refractivity (Wildman–Crippen MR) is 21.1 cm³/mol. The average Bonchev–Trinajstić information content (AvgIpc) is 1.31. The van der Waals surface area contributed by atoms with E-state index in [1.165, 1.54) is 0 Å². The third-order valence-electron chi connectivity index (χ3n) is 0.841. The predicted octanol–water partition coefficient (Wildman–Crippen LogP) is 0.727. The van der Waals surface area contributed by atoms with Gasteiger partial charge in [0, 0.05) is 0 Å². The van der Waals surface area contributed by atoms with Crippen LogP contribution in [0.4, 0.5) is 0 Å². The first kappa shape index (κ1) is 4.09. The second-order valence-electron chi connectivity index (χ2n) is 1.29. The first-order chi connectivity index (χ1) is 2.93. The largest absolute Gasteiger partial charge is 0.326 e. The molecule has 0 aliphatic carbocycles. The Balaban J connectivity index is 2.01. The summed E-state index contributed by atoms with van der Waals surface area (Å²) in [5, 5.41) is 0. The van der Waals surface area contributed by atoms with Gasteiger partial charge in [-0.25, -0.2) is 0 Å². The molecule has 1 saturated heterocycles. The molecule has 1 aliphatic rings. The Morgan fingerprint density at radius 2 is 2.33 bits per heavy atom. The Bertz CT molecular complexity index is 38.1. The molecule has 1 aliphatic heterocycles. The van der Waals surface area contributed by atoms with Gasteiger partial charge in [-0.05, 0) is 6.42 Å². The van der Waals surface area contributed by atoms with Crippen LogP contribution < -0.4 is 0 Å². The molecule has 1 rings (SSSR count). The number of rotatable bonds is 1. The van der Waals surface area contributed by atoms with Gasteiger partial charge < -0.3 is 9.47 Å². The molecule has 0 spiro atoms. The molecular weight excluding hydrogens is 80.0 g/mol. The molecule has 0 aromatic carbocycles. The minimum Gasteiger partial charge on any atom is -0.326 e. The first-order valence-electron chi connectivity index (χ1n) is 2.16. The summed E-state index contributed by atoms with van der Waals surface area (Å²) in [7, 11) is 0. The lowest BCUT2D eigenvalue weighted by atomic mass is 10.5. The highest BCUT2D eigenvalue weighted by Crippen LogP contribution is 2.08. The van der Waals surface area contributed by atoms with Crippen molar-refractivity contribution < 1.29 is 9.47 Å². The molecule has 0 aromatic rings. The SMILES string of the molecule is CCC1OCO1. The van der Waals surface area contributed by atoms with Crippen LogP contribution in [-0.4, -0.2) is 13.1 Å². The monoisotopic (exact) mass is 88.1 g/mol. The summed E-state index contributed by atoms with van der Waals surface area (Å²) in [5.41, 5.74) is 0. The van der Waals surface area contributed by atoms with E-state index in [2.05, 4.69) is 0 Å². The van der Waals surface area contributed by atoms with Crippen LogP contribution in [0.15, 0.2) is 0 Å². The summed E-state index contributed by atoms with van der Waals surface area (Å²) in [6.45, 7) is 2.53. The molecule has 2 nitrogen and oxygen atoms in total.